The second-order valence-electron chi connectivity index (χ2n) is 7.63. The van der Waals surface area contributed by atoms with Gasteiger partial charge in [0.05, 0.1) is 6.04 Å². The fraction of sp³-hybridized carbons (Fsp3) is 0.526. The number of aryl methyl sites for hydroxylation is 1. The number of halogens is 1. The van der Waals surface area contributed by atoms with Crippen LogP contribution in [0.3, 0.4) is 0 Å². The minimum Gasteiger partial charge on any atom is -0.294 e. The predicted molar refractivity (Wildman–Crippen MR) is 98.7 cm³/mol. The average Bonchev–Trinajstić information content (AvgIpc) is 3.05. The van der Waals surface area contributed by atoms with Gasteiger partial charge in [0.1, 0.15) is 16.9 Å². The Morgan fingerprint density at radius 1 is 1.27 bits per heavy atom. The minimum atomic E-state index is -0.357. The van der Waals surface area contributed by atoms with Crippen molar-refractivity contribution in [2.45, 2.75) is 43.6 Å². The van der Waals surface area contributed by atoms with E-state index in [1.807, 2.05) is 6.07 Å². The molecule has 2 aromatic rings. The number of hydrogen-bond donors (Lipinski definition) is 0. The first-order chi connectivity index (χ1) is 12.4. The SMILES string of the molecule is Cc1nc2n(n1)C(=O)C(C(c1cccc(F)c1)N1CC(C)CC(C)C1)S2. The zero-order valence-electron chi connectivity index (χ0n) is 15.2. The van der Waals surface area contributed by atoms with Crippen LogP contribution in [0.15, 0.2) is 29.4 Å². The molecule has 0 N–H and O–H groups in total. The Bertz CT molecular complexity index is 829. The Labute approximate surface area is 157 Å². The van der Waals surface area contributed by atoms with Crippen molar-refractivity contribution in [1.82, 2.24) is 19.7 Å². The van der Waals surface area contributed by atoms with Crippen LogP contribution in [0.2, 0.25) is 0 Å². The van der Waals surface area contributed by atoms with Gasteiger partial charge >= 0.3 is 0 Å². The Morgan fingerprint density at radius 2 is 2.00 bits per heavy atom. The molecule has 0 bridgehead atoms. The summed E-state index contributed by atoms with van der Waals surface area (Å²) in [7, 11) is 0. The molecule has 0 radical (unpaired) electrons. The van der Waals surface area contributed by atoms with E-state index in [4.69, 9.17) is 0 Å². The topological polar surface area (TPSA) is 51.0 Å². The summed E-state index contributed by atoms with van der Waals surface area (Å²) in [5.74, 6) is 1.36. The molecule has 1 aromatic heterocycles. The lowest BCUT2D eigenvalue weighted by atomic mass is 9.89. The third-order valence-electron chi connectivity index (χ3n) is 5.14. The predicted octanol–water partition coefficient (Wildman–Crippen LogP) is 3.56. The number of aromatic nitrogens is 3. The summed E-state index contributed by atoms with van der Waals surface area (Å²) in [6.07, 6.45) is 1.18. The molecule has 0 aliphatic carbocycles. The highest BCUT2D eigenvalue weighted by Crippen LogP contribution is 2.42. The average molecular weight is 374 g/mol. The van der Waals surface area contributed by atoms with Crippen molar-refractivity contribution in [2.75, 3.05) is 13.1 Å². The molecule has 2 aliphatic heterocycles. The lowest BCUT2D eigenvalue weighted by molar-refractivity contribution is 0.0712. The summed E-state index contributed by atoms with van der Waals surface area (Å²) in [5, 5.41) is 4.51. The summed E-state index contributed by atoms with van der Waals surface area (Å²) >= 11 is 1.45. The van der Waals surface area contributed by atoms with Crippen LogP contribution in [-0.2, 0) is 0 Å². The van der Waals surface area contributed by atoms with E-state index >= 15 is 0 Å². The first kappa shape index (κ1) is 17.7. The van der Waals surface area contributed by atoms with Gasteiger partial charge in [0.15, 0.2) is 5.16 Å². The van der Waals surface area contributed by atoms with Gasteiger partial charge in [0.2, 0.25) is 0 Å². The molecular formula is C19H23FN4OS. The number of carbonyl (C=O) groups excluding carboxylic acids is 1. The number of likely N-dealkylation sites (tertiary alicyclic amines) is 1. The molecule has 4 unspecified atom stereocenters. The van der Waals surface area contributed by atoms with Crippen molar-refractivity contribution >= 4 is 17.7 Å². The van der Waals surface area contributed by atoms with Gasteiger partial charge in [0, 0.05) is 13.1 Å². The van der Waals surface area contributed by atoms with Crippen LogP contribution in [-0.4, -0.2) is 43.9 Å². The molecule has 1 fully saturated rings. The Balaban J connectivity index is 1.72. The number of hydrogen-bond acceptors (Lipinski definition) is 5. The number of carbonyl (C=O) groups is 1. The van der Waals surface area contributed by atoms with Crippen molar-refractivity contribution in [3.05, 3.63) is 41.5 Å². The first-order valence-electron chi connectivity index (χ1n) is 9.06. The van der Waals surface area contributed by atoms with Crippen molar-refractivity contribution in [3.63, 3.8) is 0 Å². The Kier molecular flexibility index (Phi) is 4.61. The van der Waals surface area contributed by atoms with E-state index in [-0.39, 0.29) is 23.0 Å². The van der Waals surface area contributed by atoms with E-state index in [1.165, 1.54) is 28.9 Å². The molecule has 5 nitrogen and oxygen atoms in total. The van der Waals surface area contributed by atoms with Crippen LogP contribution >= 0.6 is 11.8 Å². The lowest BCUT2D eigenvalue weighted by Crippen LogP contribution is -2.46. The van der Waals surface area contributed by atoms with Crippen LogP contribution in [0.4, 0.5) is 4.39 Å². The maximum Gasteiger partial charge on any atom is 0.264 e. The number of nitrogens with zero attached hydrogens (tertiary/aromatic N) is 4. The van der Waals surface area contributed by atoms with E-state index in [9.17, 15) is 9.18 Å². The van der Waals surface area contributed by atoms with Crippen LogP contribution in [0, 0.1) is 24.6 Å². The monoisotopic (exact) mass is 374 g/mol. The largest absolute Gasteiger partial charge is 0.294 e. The fourth-order valence-electron chi connectivity index (χ4n) is 4.31. The highest BCUT2D eigenvalue weighted by molar-refractivity contribution is 8.00. The first-order valence-corrected chi connectivity index (χ1v) is 9.94. The van der Waals surface area contributed by atoms with Crippen molar-refractivity contribution in [1.29, 1.82) is 0 Å². The maximum atomic E-state index is 13.9. The number of thioether (sulfide) groups is 1. The lowest BCUT2D eigenvalue weighted by Gasteiger charge is -2.41. The normalized spacial score (nSPS) is 27.5. The van der Waals surface area contributed by atoms with Gasteiger partial charge in [-0.05, 0) is 42.9 Å². The maximum absolute atomic E-state index is 13.9. The van der Waals surface area contributed by atoms with Gasteiger partial charge in [-0.1, -0.05) is 37.7 Å². The molecule has 4 rings (SSSR count). The zero-order chi connectivity index (χ0) is 18.4. The van der Waals surface area contributed by atoms with Gasteiger partial charge in [-0.3, -0.25) is 9.69 Å². The standard InChI is InChI=1S/C19H23FN4OS/c1-11-7-12(2)10-23(9-11)16(14-5-4-6-15(20)8-14)17-18(25)24-19(26-17)21-13(3)22-24/h4-6,8,11-12,16-17H,7,9-10H2,1-3H3. The molecule has 4 atom stereocenters. The van der Waals surface area contributed by atoms with Crippen molar-refractivity contribution in [2.24, 2.45) is 11.8 Å². The second kappa shape index (κ2) is 6.78. The summed E-state index contributed by atoms with van der Waals surface area (Å²) in [4.78, 5) is 19.7. The molecule has 7 heteroatoms. The highest BCUT2D eigenvalue weighted by atomic mass is 32.2. The van der Waals surface area contributed by atoms with Crippen LogP contribution in [0.1, 0.15) is 42.5 Å². The molecule has 3 heterocycles. The minimum absolute atomic E-state index is 0.0641. The third-order valence-corrected chi connectivity index (χ3v) is 6.32. The van der Waals surface area contributed by atoms with E-state index in [0.29, 0.717) is 22.8 Å². The molecule has 2 aliphatic rings. The van der Waals surface area contributed by atoms with Crippen LogP contribution in [0.25, 0.3) is 0 Å². The summed E-state index contributed by atoms with van der Waals surface area (Å²) in [6.45, 7) is 8.08. The van der Waals surface area contributed by atoms with Gasteiger partial charge < -0.3 is 0 Å². The van der Waals surface area contributed by atoms with E-state index in [0.717, 1.165) is 18.7 Å². The summed E-state index contributed by atoms with van der Waals surface area (Å²) < 4.78 is 15.4. The van der Waals surface area contributed by atoms with Gasteiger partial charge in [-0.25, -0.2) is 9.37 Å². The number of benzene rings is 1. The smallest absolute Gasteiger partial charge is 0.264 e. The van der Waals surface area contributed by atoms with Crippen LogP contribution in [0.5, 0.6) is 0 Å². The van der Waals surface area contributed by atoms with E-state index in [2.05, 4.69) is 28.8 Å². The summed E-state index contributed by atoms with van der Waals surface area (Å²) in [6, 6.07) is 6.46. The fourth-order valence-corrected chi connectivity index (χ4v) is 5.61. The molecule has 0 saturated carbocycles. The quantitative estimate of drug-likeness (QED) is 0.822. The number of rotatable bonds is 3. The number of piperidine rings is 1. The van der Waals surface area contributed by atoms with Crippen molar-refractivity contribution < 1.29 is 9.18 Å². The highest BCUT2D eigenvalue weighted by Gasteiger charge is 2.44. The van der Waals surface area contributed by atoms with Crippen LogP contribution < -0.4 is 0 Å². The summed E-state index contributed by atoms with van der Waals surface area (Å²) in [5.41, 5.74) is 0.847. The van der Waals surface area contributed by atoms with Gasteiger partial charge in [-0.2, -0.15) is 4.68 Å². The van der Waals surface area contributed by atoms with Crippen molar-refractivity contribution in [3.8, 4) is 0 Å². The van der Waals surface area contributed by atoms with E-state index in [1.54, 1.807) is 19.1 Å². The zero-order valence-corrected chi connectivity index (χ0v) is 16.0. The second-order valence-corrected chi connectivity index (χ2v) is 8.74. The third kappa shape index (κ3) is 3.18. The van der Waals surface area contributed by atoms with Gasteiger partial charge in [-0.15, -0.1) is 5.10 Å². The Hall–Kier alpha value is -1.73. The molecule has 0 amide bonds. The molecular weight excluding hydrogens is 351 g/mol. The molecule has 26 heavy (non-hydrogen) atoms. The van der Waals surface area contributed by atoms with Gasteiger partial charge in [0.25, 0.3) is 5.91 Å². The van der Waals surface area contributed by atoms with E-state index < -0.39 is 0 Å². The molecule has 0 spiro atoms. The molecule has 1 aromatic carbocycles. The Morgan fingerprint density at radius 3 is 2.65 bits per heavy atom. The molecule has 138 valence electrons. The number of fused-ring (bicyclic) bond motifs is 1. The molecule has 1 saturated heterocycles.